The molecular weight excluding hydrogens is 896 g/mol. The fraction of sp³-hybridized carbons (Fsp3) is 0.0725. The molecule has 0 amide bonds. The summed E-state index contributed by atoms with van der Waals surface area (Å²) in [6.07, 6.45) is 0. The first-order valence-electron chi connectivity index (χ1n) is 25.8. The van der Waals surface area contributed by atoms with Gasteiger partial charge in [-0.05, 0) is 165 Å². The molecule has 0 radical (unpaired) electrons. The standard InChI is InChI=1S/C69H49BN4/c1-42-18-17-24-49(34-42)73-63-35-43(2)30-33-58(63)70-59-39-53-51-26-13-15-28-55(51)69(57(53)40-64(59)74(62-29-16-11-19-45(62)4)66-37-44(3)36-65(73)67(66)70)54-27-14-12-25-50(54)52-32-31-48(38-56(52)69)61-41-60(46-20-7-5-8-21-46)71-68(72-61)47-22-9-6-10-23-47/h5-41H,1-4H3. The summed E-state index contributed by atoms with van der Waals surface area (Å²) >= 11 is 0. The molecule has 0 N–H and O–H groups in total. The quantitative estimate of drug-likeness (QED) is 0.161. The van der Waals surface area contributed by atoms with Gasteiger partial charge in [-0.3, -0.25) is 0 Å². The summed E-state index contributed by atoms with van der Waals surface area (Å²) in [6, 6.07) is 83.6. The maximum atomic E-state index is 5.38. The predicted octanol–water partition coefficient (Wildman–Crippen LogP) is 15.1. The van der Waals surface area contributed by atoms with Crippen LogP contribution in [0.3, 0.4) is 0 Å². The molecule has 0 fully saturated rings. The van der Waals surface area contributed by atoms with Crippen LogP contribution in [0, 0.1) is 27.7 Å². The van der Waals surface area contributed by atoms with Gasteiger partial charge in [0, 0.05) is 50.8 Å². The third-order valence-corrected chi connectivity index (χ3v) is 16.3. The van der Waals surface area contributed by atoms with Crippen LogP contribution in [-0.4, -0.2) is 16.7 Å². The Morgan fingerprint density at radius 2 is 0.946 bits per heavy atom. The maximum Gasteiger partial charge on any atom is 0.252 e. The van der Waals surface area contributed by atoms with Crippen molar-refractivity contribution in [3.8, 4) is 56.2 Å². The fourth-order valence-corrected chi connectivity index (χ4v) is 13.2. The van der Waals surface area contributed by atoms with E-state index >= 15 is 0 Å². The molecule has 1 atom stereocenters. The van der Waals surface area contributed by atoms with Crippen molar-refractivity contribution in [3.05, 3.63) is 269 Å². The van der Waals surface area contributed by atoms with E-state index in [1.807, 2.05) is 6.07 Å². The molecule has 0 saturated carbocycles. The number of hydrogen-bond acceptors (Lipinski definition) is 4. The van der Waals surface area contributed by atoms with Crippen molar-refractivity contribution in [1.29, 1.82) is 0 Å². The van der Waals surface area contributed by atoms with Crippen LogP contribution in [0.5, 0.6) is 0 Å². The van der Waals surface area contributed by atoms with Crippen molar-refractivity contribution in [1.82, 2.24) is 9.97 Å². The Morgan fingerprint density at radius 1 is 0.351 bits per heavy atom. The fourth-order valence-electron chi connectivity index (χ4n) is 13.2. The molecule has 4 aliphatic rings. The minimum atomic E-state index is -0.626. The summed E-state index contributed by atoms with van der Waals surface area (Å²) in [5.74, 6) is 0.708. The minimum absolute atomic E-state index is 0.0216. The van der Waals surface area contributed by atoms with E-state index < -0.39 is 5.41 Å². The van der Waals surface area contributed by atoms with E-state index in [4.69, 9.17) is 9.97 Å². The van der Waals surface area contributed by atoms with Crippen LogP contribution in [0.2, 0.25) is 0 Å². The van der Waals surface area contributed by atoms with Crippen molar-refractivity contribution in [2.75, 3.05) is 9.80 Å². The largest absolute Gasteiger partial charge is 0.311 e. The minimum Gasteiger partial charge on any atom is -0.311 e. The number of para-hydroxylation sites is 1. The molecule has 0 bridgehead atoms. The summed E-state index contributed by atoms with van der Waals surface area (Å²) in [5, 5.41) is 0. The van der Waals surface area contributed by atoms with E-state index in [1.165, 1.54) is 117 Å². The number of aromatic nitrogens is 2. The van der Waals surface area contributed by atoms with Gasteiger partial charge in [0.25, 0.3) is 6.71 Å². The van der Waals surface area contributed by atoms with Crippen molar-refractivity contribution in [2.24, 2.45) is 0 Å². The molecule has 4 nitrogen and oxygen atoms in total. The second-order valence-electron chi connectivity index (χ2n) is 20.8. The third kappa shape index (κ3) is 6.04. The Kier molecular flexibility index (Phi) is 9.20. The van der Waals surface area contributed by atoms with Gasteiger partial charge in [-0.2, -0.15) is 0 Å². The summed E-state index contributed by atoms with van der Waals surface area (Å²) < 4.78 is 0. The van der Waals surface area contributed by atoms with Gasteiger partial charge >= 0.3 is 0 Å². The zero-order valence-electron chi connectivity index (χ0n) is 41.7. The lowest BCUT2D eigenvalue weighted by atomic mass is 9.33. The highest BCUT2D eigenvalue weighted by molar-refractivity contribution is 7.00. The van der Waals surface area contributed by atoms with Crippen molar-refractivity contribution in [2.45, 2.75) is 33.1 Å². The van der Waals surface area contributed by atoms with Crippen molar-refractivity contribution < 1.29 is 0 Å². The molecule has 2 aliphatic carbocycles. The van der Waals surface area contributed by atoms with E-state index in [2.05, 4.69) is 256 Å². The van der Waals surface area contributed by atoms with Gasteiger partial charge < -0.3 is 9.80 Å². The maximum absolute atomic E-state index is 5.38. The second kappa shape index (κ2) is 16.0. The monoisotopic (exact) mass is 944 g/mol. The van der Waals surface area contributed by atoms with Crippen LogP contribution in [0.1, 0.15) is 44.5 Å². The van der Waals surface area contributed by atoms with Crippen LogP contribution < -0.4 is 26.2 Å². The molecule has 0 saturated heterocycles. The molecule has 1 unspecified atom stereocenters. The van der Waals surface area contributed by atoms with Gasteiger partial charge in [-0.25, -0.2) is 9.97 Å². The van der Waals surface area contributed by atoms with E-state index in [-0.39, 0.29) is 6.71 Å². The third-order valence-electron chi connectivity index (χ3n) is 16.3. The van der Waals surface area contributed by atoms with Crippen LogP contribution >= 0.6 is 0 Å². The number of nitrogens with zero attached hydrogens (tertiary/aromatic N) is 4. The van der Waals surface area contributed by atoms with E-state index in [9.17, 15) is 0 Å². The van der Waals surface area contributed by atoms with Crippen LogP contribution in [0.4, 0.5) is 34.1 Å². The summed E-state index contributed by atoms with van der Waals surface area (Å²) in [6.45, 7) is 8.92. The average Bonchev–Trinajstić information content (AvgIpc) is 4.10. The molecule has 3 heterocycles. The van der Waals surface area contributed by atoms with Gasteiger partial charge in [0.15, 0.2) is 5.82 Å². The Labute approximate surface area is 433 Å². The summed E-state index contributed by atoms with van der Waals surface area (Å²) in [7, 11) is 0. The zero-order chi connectivity index (χ0) is 49.4. The number of hydrogen-bond donors (Lipinski definition) is 0. The van der Waals surface area contributed by atoms with Crippen LogP contribution in [0.15, 0.2) is 224 Å². The molecule has 2 aliphatic heterocycles. The molecule has 1 spiro atoms. The van der Waals surface area contributed by atoms with Gasteiger partial charge in [0.2, 0.25) is 0 Å². The molecule has 74 heavy (non-hydrogen) atoms. The lowest BCUT2D eigenvalue weighted by Crippen LogP contribution is -2.61. The number of rotatable bonds is 5. The van der Waals surface area contributed by atoms with E-state index in [0.717, 1.165) is 28.1 Å². The predicted molar refractivity (Wildman–Crippen MR) is 308 cm³/mol. The molecule has 348 valence electrons. The van der Waals surface area contributed by atoms with Gasteiger partial charge in [0.1, 0.15) is 0 Å². The molecule has 10 aromatic carbocycles. The average molecular weight is 945 g/mol. The van der Waals surface area contributed by atoms with E-state index in [0.29, 0.717) is 5.82 Å². The SMILES string of the molecule is Cc1cccc(N2c3cc(C)ccc3B3c4cc5c(cc4N(c4ccccc4C)c4cc(C)cc2c43)C2(c3ccccc3-c3ccc(-c4cc(-c6ccccc6)nc(-c6ccccc6)n4)cc32)c2ccccc2-5)c1. The van der Waals surface area contributed by atoms with Crippen molar-refractivity contribution in [3.63, 3.8) is 0 Å². The van der Waals surface area contributed by atoms with Crippen LogP contribution in [-0.2, 0) is 5.41 Å². The first kappa shape index (κ1) is 42.6. The molecule has 1 aromatic heterocycles. The normalized spacial score (nSPS) is 15.0. The number of aryl methyl sites for hydroxylation is 4. The Balaban J connectivity index is 1.02. The zero-order valence-corrected chi connectivity index (χ0v) is 41.7. The second-order valence-corrected chi connectivity index (χ2v) is 20.8. The highest BCUT2D eigenvalue weighted by Crippen LogP contribution is 2.64. The number of benzene rings is 10. The molecule has 15 rings (SSSR count). The summed E-state index contributed by atoms with van der Waals surface area (Å²) in [5.41, 5.74) is 30.7. The van der Waals surface area contributed by atoms with Gasteiger partial charge in [-0.1, -0.05) is 170 Å². The molecule has 5 heteroatoms. The molecule has 11 aromatic rings. The molecular formula is C69H49BN4. The lowest BCUT2D eigenvalue weighted by Gasteiger charge is -2.45. The Bertz CT molecular complexity index is 4100. The van der Waals surface area contributed by atoms with E-state index in [1.54, 1.807) is 0 Å². The van der Waals surface area contributed by atoms with Gasteiger partial charge in [-0.15, -0.1) is 0 Å². The first-order valence-corrected chi connectivity index (χ1v) is 25.8. The van der Waals surface area contributed by atoms with Crippen LogP contribution in [0.25, 0.3) is 56.2 Å². The number of fused-ring (bicyclic) bond motifs is 14. The smallest absolute Gasteiger partial charge is 0.252 e. The highest BCUT2D eigenvalue weighted by atomic mass is 15.2. The Hall–Kier alpha value is -9.06. The van der Waals surface area contributed by atoms with Gasteiger partial charge in [0.05, 0.1) is 16.8 Å². The summed E-state index contributed by atoms with van der Waals surface area (Å²) in [4.78, 5) is 15.7. The lowest BCUT2D eigenvalue weighted by molar-refractivity contribution is 0.794. The van der Waals surface area contributed by atoms with Crippen molar-refractivity contribution >= 4 is 57.2 Å². The number of anilines is 6. The first-order chi connectivity index (χ1) is 36.3. The Morgan fingerprint density at radius 3 is 1.69 bits per heavy atom. The topological polar surface area (TPSA) is 32.3 Å². The highest BCUT2D eigenvalue weighted by Gasteiger charge is 2.54.